The number of Topliss-reactive ketones (excluding diaryl/α,β-unsaturated/α-hetero) is 1. The average Bonchev–Trinajstić information content (AvgIpc) is 2.15. The highest BCUT2D eigenvalue weighted by atomic mass is 16.3. The lowest BCUT2D eigenvalue weighted by atomic mass is 10.0. The molecular weight excluding hydrogens is 120 g/mol. The van der Waals surface area contributed by atoms with Gasteiger partial charge in [-0.05, 0) is 12.8 Å². The number of rotatable bonds is 1. The fourth-order valence-electron chi connectivity index (χ4n) is 1.08. The Hall–Kier alpha value is -0.410. The Morgan fingerprint density at radius 3 is 2.56 bits per heavy atom. The number of aliphatic hydroxyl groups is 2. The highest BCUT2D eigenvalue weighted by Crippen LogP contribution is 2.24. The second-order valence-electron chi connectivity index (χ2n) is 2.47. The van der Waals surface area contributed by atoms with Gasteiger partial charge in [0.1, 0.15) is 5.60 Å². The molecule has 0 radical (unpaired) electrons. The summed E-state index contributed by atoms with van der Waals surface area (Å²) >= 11 is 0. The maximum absolute atomic E-state index is 10.7. The van der Waals surface area contributed by atoms with Gasteiger partial charge in [-0.1, -0.05) is 0 Å². The molecule has 0 aromatic rings. The molecule has 0 aliphatic heterocycles. The van der Waals surface area contributed by atoms with Gasteiger partial charge in [0.05, 0.1) is 6.61 Å². The summed E-state index contributed by atoms with van der Waals surface area (Å²) in [6.45, 7) is -0.425. The van der Waals surface area contributed by atoms with Gasteiger partial charge in [-0.25, -0.2) is 0 Å². The lowest BCUT2D eigenvalue weighted by molar-refractivity contribution is -0.136. The first-order valence-corrected chi connectivity index (χ1v) is 3.05. The highest BCUT2D eigenvalue weighted by molar-refractivity contribution is 5.89. The summed E-state index contributed by atoms with van der Waals surface area (Å²) in [4.78, 5) is 10.7. The number of aliphatic hydroxyl groups excluding tert-OH is 1. The van der Waals surface area contributed by atoms with Gasteiger partial charge >= 0.3 is 0 Å². The summed E-state index contributed by atoms with van der Waals surface area (Å²) in [5.41, 5.74) is -1.39. The molecule has 2 N–H and O–H groups in total. The Morgan fingerprint density at radius 2 is 2.33 bits per heavy atom. The van der Waals surface area contributed by atoms with Crippen LogP contribution in [0.5, 0.6) is 0 Å². The van der Waals surface area contributed by atoms with Gasteiger partial charge < -0.3 is 10.2 Å². The van der Waals surface area contributed by atoms with Crippen molar-refractivity contribution in [3.63, 3.8) is 0 Å². The van der Waals surface area contributed by atoms with E-state index in [-0.39, 0.29) is 5.78 Å². The Morgan fingerprint density at radius 1 is 1.67 bits per heavy atom. The van der Waals surface area contributed by atoms with E-state index in [1.54, 1.807) is 0 Å². The number of hydrogen-bond acceptors (Lipinski definition) is 3. The van der Waals surface area contributed by atoms with Crippen LogP contribution in [0.2, 0.25) is 0 Å². The van der Waals surface area contributed by atoms with E-state index < -0.39 is 12.2 Å². The van der Waals surface area contributed by atoms with E-state index in [4.69, 9.17) is 10.2 Å². The zero-order chi connectivity index (χ0) is 6.91. The van der Waals surface area contributed by atoms with Crippen LogP contribution in [-0.4, -0.2) is 28.2 Å². The van der Waals surface area contributed by atoms with Crippen molar-refractivity contribution in [1.29, 1.82) is 0 Å². The van der Waals surface area contributed by atoms with Crippen LogP contribution in [0.25, 0.3) is 0 Å². The summed E-state index contributed by atoms with van der Waals surface area (Å²) in [7, 11) is 0. The summed E-state index contributed by atoms with van der Waals surface area (Å²) in [6.07, 6.45) is 1.54. The van der Waals surface area contributed by atoms with Gasteiger partial charge in [0, 0.05) is 6.42 Å². The minimum Gasteiger partial charge on any atom is -0.393 e. The number of hydrogen-bond donors (Lipinski definition) is 2. The van der Waals surface area contributed by atoms with E-state index >= 15 is 0 Å². The first-order valence-electron chi connectivity index (χ1n) is 3.05. The molecule has 9 heavy (non-hydrogen) atoms. The monoisotopic (exact) mass is 130 g/mol. The molecule has 1 atom stereocenters. The average molecular weight is 130 g/mol. The molecule has 1 rings (SSSR count). The van der Waals surface area contributed by atoms with Crippen LogP contribution >= 0.6 is 0 Å². The zero-order valence-corrected chi connectivity index (χ0v) is 5.13. The van der Waals surface area contributed by atoms with Crippen LogP contribution in [0.1, 0.15) is 19.3 Å². The predicted octanol–water partition coefficient (Wildman–Crippen LogP) is -0.537. The van der Waals surface area contributed by atoms with Gasteiger partial charge in [0.15, 0.2) is 5.78 Å². The molecule has 1 unspecified atom stereocenters. The van der Waals surface area contributed by atoms with Crippen LogP contribution in [0.3, 0.4) is 0 Å². The molecule has 0 aromatic heterocycles. The molecule has 1 aliphatic carbocycles. The molecule has 0 heterocycles. The summed E-state index contributed by atoms with van der Waals surface area (Å²) < 4.78 is 0. The SMILES string of the molecule is O=C1CCCC1(O)CO. The lowest BCUT2D eigenvalue weighted by Gasteiger charge is -2.15. The summed E-state index contributed by atoms with van der Waals surface area (Å²) in [5.74, 6) is -0.218. The molecule has 1 aliphatic rings. The van der Waals surface area contributed by atoms with Gasteiger partial charge in [-0.15, -0.1) is 0 Å². The van der Waals surface area contributed by atoms with Crippen molar-refractivity contribution in [3.8, 4) is 0 Å². The van der Waals surface area contributed by atoms with Crippen molar-refractivity contribution in [3.05, 3.63) is 0 Å². The minimum atomic E-state index is -1.39. The van der Waals surface area contributed by atoms with Gasteiger partial charge in [0.2, 0.25) is 0 Å². The smallest absolute Gasteiger partial charge is 0.166 e. The fourth-order valence-corrected chi connectivity index (χ4v) is 1.08. The first-order chi connectivity index (χ1) is 4.19. The largest absolute Gasteiger partial charge is 0.393 e. The molecule has 3 nitrogen and oxygen atoms in total. The Balaban J connectivity index is 2.67. The number of ketones is 1. The number of carbonyl (C=O) groups is 1. The van der Waals surface area contributed by atoms with Crippen molar-refractivity contribution in [2.24, 2.45) is 0 Å². The van der Waals surface area contributed by atoms with Crippen LogP contribution in [0.4, 0.5) is 0 Å². The standard InChI is InChI=1S/C6H10O3/c7-4-6(9)3-1-2-5(6)8/h7,9H,1-4H2. The third-order valence-electron chi connectivity index (χ3n) is 1.77. The highest BCUT2D eigenvalue weighted by Gasteiger charge is 2.38. The van der Waals surface area contributed by atoms with Crippen LogP contribution in [0.15, 0.2) is 0 Å². The van der Waals surface area contributed by atoms with E-state index in [9.17, 15) is 4.79 Å². The fraction of sp³-hybridized carbons (Fsp3) is 0.833. The van der Waals surface area contributed by atoms with Gasteiger partial charge in [0.25, 0.3) is 0 Å². The second-order valence-corrected chi connectivity index (χ2v) is 2.47. The van der Waals surface area contributed by atoms with E-state index in [0.717, 1.165) is 0 Å². The van der Waals surface area contributed by atoms with E-state index in [0.29, 0.717) is 19.3 Å². The molecule has 0 saturated heterocycles. The van der Waals surface area contributed by atoms with Crippen molar-refractivity contribution >= 4 is 5.78 Å². The number of carbonyl (C=O) groups excluding carboxylic acids is 1. The first kappa shape index (κ1) is 6.71. The maximum Gasteiger partial charge on any atom is 0.166 e. The molecule has 0 amide bonds. The van der Waals surface area contributed by atoms with E-state index in [1.807, 2.05) is 0 Å². The second kappa shape index (κ2) is 2.08. The van der Waals surface area contributed by atoms with E-state index in [1.165, 1.54) is 0 Å². The normalized spacial score (nSPS) is 35.6. The van der Waals surface area contributed by atoms with Crippen molar-refractivity contribution < 1.29 is 15.0 Å². The van der Waals surface area contributed by atoms with Crippen molar-refractivity contribution in [2.45, 2.75) is 24.9 Å². The Bertz CT molecular complexity index is 132. The lowest BCUT2D eigenvalue weighted by Crippen LogP contribution is -2.37. The Kier molecular flexibility index (Phi) is 1.55. The van der Waals surface area contributed by atoms with Crippen molar-refractivity contribution in [1.82, 2.24) is 0 Å². The van der Waals surface area contributed by atoms with Crippen LogP contribution in [-0.2, 0) is 4.79 Å². The third-order valence-corrected chi connectivity index (χ3v) is 1.77. The minimum absolute atomic E-state index is 0.218. The van der Waals surface area contributed by atoms with Gasteiger partial charge in [-0.3, -0.25) is 4.79 Å². The molecule has 0 aromatic carbocycles. The predicted molar refractivity (Wildman–Crippen MR) is 30.9 cm³/mol. The maximum atomic E-state index is 10.7. The quantitative estimate of drug-likeness (QED) is 0.501. The molecule has 1 fully saturated rings. The summed E-state index contributed by atoms with van der Waals surface area (Å²) in [5, 5.41) is 17.7. The Labute approximate surface area is 53.3 Å². The topological polar surface area (TPSA) is 57.5 Å². The zero-order valence-electron chi connectivity index (χ0n) is 5.13. The molecule has 0 spiro atoms. The molecule has 3 heteroatoms. The van der Waals surface area contributed by atoms with Crippen LogP contribution in [0, 0.1) is 0 Å². The molecule has 1 saturated carbocycles. The molecule has 0 bridgehead atoms. The van der Waals surface area contributed by atoms with E-state index in [2.05, 4.69) is 0 Å². The molecular formula is C6H10O3. The molecule has 52 valence electrons. The van der Waals surface area contributed by atoms with Gasteiger partial charge in [-0.2, -0.15) is 0 Å². The van der Waals surface area contributed by atoms with Crippen LogP contribution < -0.4 is 0 Å². The summed E-state index contributed by atoms with van der Waals surface area (Å²) in [6, 6.07) is 0. The third kappa shape index (κ3) is 0.976. The van der Waals surface area contributed by atoms with Crippen molar-refractivity contribution in [2.75, 3.05) is 6.61 Å².